The normalized spacial score (nSPS) is 17.1. The van der Waals surface area contributed by atoms with Crippen LogP contribution in [0.1, 0.15) is 54.1 Å². The molecule has 0 atom stereocenters. The maximum atomic E-state index is 13.3. The van der Waals surface area contributed by atoms with Crippen molar-refractivity contribution < 1.29 is 4.39 Å². The summed E-state index contributed by atoms with van der Waals surface area (Å²) in [5.41, 5.74) is 7.36. The fourth-order valence-electron chi connectivity index (χ4n) is 3.60. The van der Waals surface area contributed by atoms with Gasteiger partial charge in [-0.1, -0.05) is 24.8 Å². The minimum atomic E-state index is -0.186. The molecular weight excluding hydrogens is 273 g/mol. The lowest BCUT2D eigenvalue weighted by Gasteiger charge is -2.23. The highest BCUT2D eigenvalue weighted by Gasteiger charge is 2.31. The molecule has 0 spiro atoms. The summed E-state index contributed by atoms with van der Waals surface area (Å²) in [5.74, 6) is 0.411. The summed E-state index contributed by atoms with van der Waals surface area (Å²) in [4.78, 5) is 5.00. The molecule has 2 heteroatoms. The van der Waals surface area contributed by atoms with Gasteiger partial charge in [0.1, 0.15) is 5.82 Å². The number of hydrogen-bond acceptors (Lipinski definition) is 1. The SMILES string of the molecule is C=Cc1c(C2CC2)nc2c(c1-c1ccc(F)cc1)CCCC2. The van der Waals surface area contributed by atoms with Crippen LogP contribution in [0.5, 0.6) is 0 Å². The van der Waals surface area contributed by atoms with Crippen molar-refractivity contribution in [2.24, 2.45) is 0 Å². The Hall–Kier alpha value is -1.96. The molecule has 0 aliphatic heterocycles. The molecule has 0 amide bonds. The summed E-state index contributed by atoms with van der Waals surface area (Å²) in [6, 6.07) is 6.88. The molecule has 2 aliphatic carbocycles. The summed E-state index contributed by atoms with van der Waals surface area (Å²) < 4.78 is 13.3. The fourth-order valence-corrected chi connectivity index (χ4v) is 3.60. The van der Waals surface area contributed by atoms with Gasteiger partial charge in [0.25, 0.3) is 0 Å². The van der Waals surface area contributed by atoms with Crippen LogP contribution >= 0.6 is 0 Å². The quantitative estimate of drug-likeness (QED) is 0.749. The number of rotatable bonds is 3. The zero-order chi connectivity index (χ0) is 15.1. The average Bonchev–Trinajstić information content (AvgIpc) is 3.39. The lowest BCUT2D eigenvalue weighted by Crippen LogP contribution is -2.11. The highest BCUT2D eigenvalue weighted by atomic mass is 19.1. The third-order valence-corrected chi connectivity index (χ3v) is 4.84. The van der Waals surface area contributed by atoms with E-state index in [9.17, 15) is 4.39 Å². The first-order chi connectivity index (χ1) is 10.8. The van der Waals surface area contributed by atoms with Crippen molar-refractivity contribution in [2.75, 3.05) is 0 Å². The Kier molecular flexibility index (Phi) is 3.33. The van der Waals surface area contributed by atoms with E-state index in [1.807, 2.05) is 18.2 Å². The van der Waals surface area contributed by atoms with Gasteiger partial charge in [-0.3, -0.25) is 4.98 Å². The highest BCUT2D eigenvalue weighted by molar-refractivity contribution is 5.80. The molecule has 112 valence electrons. The second kappa shape index (κ2) is 5.35. The maximum absolute atomic E-state index is 13.3. The summed E-state index contributed by atoms with van der Waals surface area (Å²) in [6.07, 6.45) is 8.99. The first-order valence-electron chi connectivity index (χ1n) is 8.22. The third kappa shape index (κ3) is 2.27. The Bertz CT molecular complexity index is 726. The van der Waals surface area contributed by atoms with Gasteiger partial charge in [0.05, 0.1) is 5.69 Å². The van der Waals surface area contributed by atoms with Crippen LogP contribution in [0, 0.1) is 5.82 Å². The van der Waals surface area contributed by atoms with E-state index in [2.05, 4.69) is 6.58 Å². The van der Waals surface area contributed by atoms with Gasteiger partial charge < -0.3 is 0 Å². The predicted molar refractivity (Wildman–Crippen MR) is 88.3 cm³/mol. The van der Waals surface area contributed by atoms with Gasteiger partial charge in [0.15, 0.2) is 0 Å². The first kappa shape index (κ1) is 13.7. The van der Waals surface area contributed by atoms with E-state index in [0.29, 0.717) is 5.92 Å². The molecule has 2 aliphatic rings. The lowest BCUT2D eigenvalue weighted by molar-refractivity contribution is 0.628. The Morgan fingerprint density at radius 2 is 1.82 bits per heavy atom. The smallest absolute Gasteiger partial charge is 0.123 e. The average molecular weight is 293 g/mol. The summed E-state index contributed by atoms with van der Waals surface area (Å²) >= 11 is 0. The number of fused-ring (bicyclic) bond motifs is 1. The minimum absolute atomic E-state index is 0.186. The Morgan fingerprint density at radius 3 is 2.50 bits per heavy atom. The first-order valence-corrected chi connectivity index (χ1v) is 8.22. The molecule has 1 nitrogen and oxygen atoms in total. The number of pyridine rings is 1. The minimum Gasteiger partial charge on any atom is -0.257 e. The second-order valence-corrected chi connectivity index (χ2v) is 6.40. The van der Waals surface area contributed by atoms with Crippen LogP contribution < -0.4 is 0 Å². The number of aromatic nitrogens is 1. The molecule has 4 rings (SSSR count). The van der Waals surface area contributed by atoms with Crippen LogP contribution in [0.15, 0.2) is 30.8 Å². The van der Waals surface area contributed by atoms with Crippen LogP contribution in [-0.2, 0) is 12.8 Å². The number of aryl methyl sites for hydroxylation is 1. The molecule has 22 heavy (non-hydrogen) atoms. The highest BCUT2D eigenvalue weighted by Crippen LogP contribution is 2.45. The predicted octanol–water partition coefficient (Wildman–Crippen LogP) is 5.29. The van der Waals surface area contributed by atoms with E-state index in [-0.39, 0.29) is 5.82 Å². The van der Waals surface area contributed by atoms with Crippen molar-refractivity contribution in [3.63, 3.8) is 0 Å². The van der Waals surface area contributed by atoms with Crippen LogP contribution in [0.2, 0.25) is 0 Å². The molecule has 1 fully saturated rings. The van der Waals surface area contributed by atoms with Gasteiger partial charge in [-0.05, 0) is 67.3 Å². The Labute approximate surface area is 130 Å². The van der Waals surface area contributed by atoms with Gasteiger partial charge >= 0.3 is 0 Å². The largest absolute Gasteiger partial charge is 0.257 e. The maximum Gasteiger partial charge on any atom is 0.123 e. The molecule has 2 aromatic rings. The van der Waals surface area contributed by atoms with Crippen LogP contribution in [-0.4, -0.2) is 4.98 Å². The van der Waals surface area contributed by atoms with Gasteiger partial charge in [0, 0.05) is 17.2 Å². The van der Waals surface area contributed by atoms with E-state index in [0.717, 1.165) is 18.4 Å². The standard InChI is InChI=1S/C20H20FN/c1-2-16-19(13-9-11-15(21)12-10-13)17-5-3-4-6-18(17)22-20(16)14-7-8-14/h2,9-12,14H,1,3-8H2. The summed E-state index contributed by atoms with van der Waals surface area (Å²) in [7, 11) is 0. The number of nitrogens with zero attached hydrogens (tertiary/aromatic N) is 1. The van der Waals surface area contributed by atoms with Gasteiger partial charge in [-0.25, -0.2) is 4.39 Å². The van der Waals surface area contributed by atoms with E-state index < -0.39 is 0 Å². The molecule has 1 aromatic carbocycles. The van der Waals surface area contributed by atoms with Crippen LogP contribution in [0.4, 0.5) is 4.39 Å². The molecule has 0 N–H and O–H groups in total. The summed E-state index contributed by atoms with van der Waals surface area (Å²) in [5, 5.41) is 0. The van der Waals surface area contributed by atoms with Crippen LogP contribution in [0.25, 0.3) is 17.2 Å². The van der Waals surface area contributed by atoms with Crippen molar-refractivity contribution in [3.8, 4) is 11.1 Å². The number of hydrogen-bond donors (Lipinski definition) is 0. The van der Waals surface area contributed by atoms with Gasteiger partial charge in [-0.2, -0.15) is 0 Å². The fraction of sp³-hybridized carbons (Fsp3) is 0.350. The molecule has 1 aromatic heterocycles. The van der Waals surface area contributed by atoms with Crippen molar-refractivity contribution >= 4 is 6.08 Å². The molecule has 0 saturated heterocycles. The molecule has 0 radical (unpaired) electrons. The Balaban J connectivity index is 1.98. The van der Waals surface area contributed by atoms with Gasteiger partial charge in [-0.15, -0.1) is 0 Å². The topological polar surface area (TPSA) is 12.9 Å². The number of benzene rings is 1. The van der Waals surface area contributed by atoms with Gasteiger partial charge in [0.2, 0.25) is 0 Å². The third-order valence-electron chi connectivity index (χ3n) is 4.84. The zero-order valence-corrected chi connectivity index (χ0v) is 12.7. The second-order valence-electron chi connectivity index (χ2n) is 6.40. The summed E-state index contributed by atoms with van der Waals surface area (Å²) in [6.45, 7) is 4.04. The van der Waals surface area contributed by atoms with E-state index in [1.165, 1.54) is 53.8 Å². The van der Waals surface area contributed by atoms with E-state index in [1.54, 1.807) is 12.1 Å². The molecule has 1 saturated carbocycles. The monoisotopic (exact) mass is 293 g/mol. The van der Waals surface area contributed by atoms with Crippen molar-refractivity contribution in [1.29, 1.82) is 0 Å². The number of halogens is 1. The van der Waals surface area contributed by atoms with Crippen molar-refractivity contribution in [3.05, 3.63) is 59.2 Å². The lowest BCUT2D eigenvalue weighted by atomic mass is 9.85. The van der Waals surface area contributed by atoms with Crippen LogP contribution in [0.3, 0.4) is 0 Å². The Morgan fingerprint density at radius 1 is 1.09 bits per heavy atom. The molecular formula is C20H20FN. The van der Waals surface area contributed by atoms with Crippen molar-refractivity contribution in [2.45, 2.75) is 44.4 Å². The molecule has 0 unspecified atom stereocenters. The van der Waals surface area contributed by atoms with Crippen molar-refractivity contribution in [1.82, 2.24) is 4.98 Å². The zero-order valence-electron chi connectivity index (χ0n) is 12.7. The van der Waals surface area contributed by atoms with E-state index in [4.69, 9.17) is 4.98 Å². The molecule has 0 bridgehead atoms. The van der Waals surface area contributed by atoms with E-state index >= 15 is 0 Å². The molecule has 1 heterocycles.